The van der Waals surface area contributed by atoms with Gasteiger partial charge in [0.2, 0.25) is 0 Å². The summed E-state index contributed by atoms with van der Waals surface area (Å²) >= 11 is 0. The SMILES string of the molecule is Cc1ccc(C)c(OCC(=O)NNC(=O)C=Cc2ccccn2)c1. The second kappa shape index (κ2) is 8.47. The van der Waals surface area contributed by atoms with E-state index in [-0.39, 0.29) is 6.61 Å². The van der Waals surface area contributed by atoms with Crippen molar-refractivity contribution in [1.82, 2.24) is 15.8 Å². The Kier molecular flexibility index (Phi) is 6.08. The van der Waals surface area contributed by atoms with Gasteiger partial charge in [-0.15, -0.1) is 0 Å². The molecule has 124 valence electrons. The van der Waals surface area contributed by atoms with Crippen molar-refractivity contribution in [1.29, 1.82) is 0 Å². The van der Waals surface area contributed by atoms with Crippen molar-refractivity contribution in [2.45, 2.75) is 13.8 Å². The molecule has 24 heavy (non-hydrogen) atoms. The van der Waals surface area contributed by atoms with E-state index in [9.17, 15) is 9.59 Å². The molecule has 0 atom stereocenters. The monoisotopic (exact) mass is 325 g/mol. The molecule has 6 nitrogen and oxygen atoms in total. The van der Waals surface area contributed by atoms with Crippen molar-refractivity contribution in [2.24, 2.45) is 0 Å². The molecule has 0 fully saturated rings. The Balaban J connectivity index is 1.75. The molecule has 0 aliphatic carbocycles. The van der Waals surface area contributed by atoms with Crippen LogP contribution in [0.15, 0.2) is 48.7 Å². The number of hydrogen-bond acceptors (Lipinski definition) is 4. The van der Waals surface area contributed by atoms with Gasteiger partial charge in [0.25, 0.3) is 11.8 Å². The Morgan fingerprint density at radius 1 is 1.17 bits per heavy atom. The number of benzene rings is 1. The van der Waals surface area contributed by atoms with Gasteiger partial charge < -0.3 is 4.74 Å². The van der Waals surface area contributed by atoms with Gasteiger partial charge in [-0.2, -0.15) is 0 Å². The van der Waals surface area contributed by atoms with E-state index in [4.69, 9.17) is 4.74 Å². The van der Waals surface area contributed by atoms with Crippen LogP contribution in [0.25, 0.3) is 6.08 Å². The lowest BCUT2D eigenvalue weighted by Crippen LogP contribution is -2.43. The number of carbonyl (C=O) groups is 2. The molecule has 0 aliphatic heterocycles. The Hall–Kier alpha value is -3.15. The third-order valence-corrected chi connectivity index (χ3v) is 3.12. The van der Waals surface area contributed by atoms with E-state index in [2.05, 4.69) is 15.8 Å². The minimum atomic E-state index is -0.458. The number of hydrazine groups is 1. The number of hydrogen-bond donors (Lipinski definition) is 2. The van der Waals surface area contributed by atoms with Gasteiger partial charge in [-0.05, 0) is 49.2 Å². The normalized spacial score (nSPS) is 10.4. The highest BCUT2D eigenvalue weighted by molar-refractivity contribution is 5.93. The molecule has 2 rings (SSSR count). The van der Waals surface area contributed by atoms with Gasteiger partial charge in [0.1, 0.15) is 5.75 Å². The second-order valence-corrected chi connectivity index (χ2v) is 5.18. The molecule has 0 aliphatic rings. The van der Waals surface area contributed by atoms with Gasteiger partial charge in [-0.25, -0.2) is 0 Å². The van der Waals surface area contributed by atoms with Crippen molar-refractivity contribution in [3.8, 4) is 5.75 Å². The van der Waals surface area contributed by atoms with E-state index < -0.39 is 11.8 Å². The first-order chi connectivity index (χ1) is 11.5. The largest absolute Gasteiger partial charge is 0.483 e. The first kappa shape index (κ1) is 17.2. The summed E-state index contributed by atoms with van der Waals surface area (Å²) in [5, 5.41) is 0. The average molecular weight is 325 g/mol. The summed E-state index contributed by atoms with van der Waals surface area (Å²) in [6.45, 7) is 3.66. The van der Waals surface area contributed by atoms with Crippen LogP contribution >= 0.6 is 0 Å². The third kappa shape index (κ3) is 5.57. The number of aromatic nitrogens is 1. The van der Waals surface area contributed by atoms with E-state index in [1.54, 1.807) is 24.4 Å². The van der Waals surface area contributed by atoms with E-state index in [0.717, 1.165) is 11.1 Å². The van der Waals surface area contributed by atoms with Crippen LogP contribution in [0.4, 0.5) is 0 Å². The number of ether oxygens (including phenoxy) is 1. The van der Waals surface area contributed by atoms with Gasteiger partial charge >= 0.3 is 0 Å². The molecule has 0 radical (unpaired) electrons. The fourth-order valence-corrected chi connectivity index (χ4v) is 1.85. The zero-order valence-corrected chi connectivity index (χ0v) is 13.6. The zero-order chi connectivity index (χ0) is 17.4. The summed E-state index contributed by atoms with van der Waals surface area (Å²) < 4.78 is 5.45. The molecule has 0 bridgehead atoms. The van der Waals surface area contributed by atoms with Gasteiger partial charge in [-0.1, -0.05) is 18.2 Å². The van der Waals surface area contributed by atoms with Crippen molar-refractivity contribution >= 4 is 17.9 Å². The van der Waals surface area contributed by atoms with Gasteiger partial charge in [0, 0.05) is 12.3 Å². The molecule has 2 aromatic rings. The first-order valence-electron chi connectivity index (χ1n) is 7.42. The summed E-state index contributed by atoms with van der Waals surface area (Å²) in [5.41, 5.74) is 7.21. The second-order valence-electron chi connectivity index (χ2n) is 5.18. The molecule has 6 heteroatoms. The lowest BCUT2D eigenvalue weighted by Gasteiger charge is -2.10. The van der Waals surface area contributed by atoms with E-state index >= 15 is 0 Å². The molecule has 1 aromatic heterocycles. The molecule has 1 heterocycles. The van der Waals surface area contributed by atoms with Crippen LogP contribution in [0, 0.1) is 13.8 Å². The van der Waals surface area contributed by atoms with Crippen LogP contribution in [-0.2, 0) is 9.59 Å². The maximum absolute atomic E-state index is 11.7. The summed E-state index contributed by atoms with van der Waals surface area (Å²) in [5.74, 6) is -0.261. The molecule has 0 saturated heterocycles. The molecule has 0 spiro atoms. The maximum Gasteiger partial charge on any atom is 0.276 e. The Labute approximate surface area is 140 Å². The van der Waals surface area contributed by atoms with Crippen LogP contribution in [0.5, 0.6) is 5.75 Å². The average Bonchev–Trinajstić information content (AvgIpc) is 2.59. The molecular formula is C18H19N3O3. The standard InChI is InChI=1S/C18H19N3O3/c1-13-6-7-14(2)16(11-13)24-12-18(23)21-20-17(22)9-8-15-5-3-4-10-19-15/h3-11H,12H2,1-2H3,(H,20,22)(H,21,23). The summed E-state index contributed by atoms with van der Waals surface area (Å²) in [4.78, 5) is 27.4. The number of aryl methyl sites for hydroxylation is 2. The van der Waals surface area contributed by atoms with E-state index in [1.165, 1.54) is 6.08 Å². The molecule has 2 N–H and O–H groups in total. The van der Waals surface area contributed by atoms with Crippen LogP contribution in [0.2, 0.25) is 0 Å². The predicted molar refractivity (Wildman–Crippen MR) is 91.0 cm³/mol. The fourth-order valence-electron chi connectivity index (χ4n) is 1.85. The number of amides is 2. The Morgan fingerprint density at radius 2 is 2.00 bits per heavy atom. The van der Waals surface area contributed by atoms with E-state index in [0.29, 0.717) is 11.4 Å². The number of nitrogens with zero attached hydrogens (tertiary/aromatic N) is 1. The van der Waals surface area contributed by atoms with Crippen molar-refractivity contribution in [3.05, 3.63) is 65.5 Å². The van der Waals surface area contributed by atoms with Gasteiger partial charge in [0.15, 0.2) is 6.61 Å². The highest BCUT2D eigenvalue weighted by Gasteiger charge is 2.06. The molecule has 2 amide bonds. The van der Waals surface area contributed by atoms with Crippen LogP contribution in [0.3, 0.4) is 0 Å². The topological polar surface area (TPSA) is 80.3 Å². The summed E-state index contributed by atoms with van der Waals surface area (Å²) in [6, 6.07) is 11.1. The van der Waals surface area contributed by atoms with Crippen LogP contribution in [0.1, 0.15) is 16.8 Å². The minimum Gasteiger partial charge on any atom is -0.483 e. The maximum atomic E-state index is 11.7. The lowest BCUT2D eigenvalue weighted by molar-refractivity contribution is -0.128. The minimum absolute atomic E-state index is 0.186. The molecule has 0 unspecified atom stereocenters. The van der Waals surface area contributed by atoms with Crippen molar-refractivity contribution in [3.63, 3.8) is 0 Å². The van der Waals surface area contributed by atoms with Gasteiger partial charge in [0.05, 0.1) is 5.69 Å². The smallest absolute Gasteiger partial charge is 0.276 e. The summed E-state index contributed by atoms with van der Waals surface area (Å²) in [6.07, 6.45) is 4.46. The highest BCUT2D eigenvalue weighted by atomic mass is 16.5. The molecule has 1 aromatic carbocycles. The quantitative estimate of drug-likeness (QED) is 0.650. The Morgan fingerprint density at radius 3 is 2.75 bits per heavy atom. The highest BCUT2D eigenvalue weighted by Crippen LogP contribution is 2.18. The zero-order valence-electron chi connectivity index (χ0n) is 13.6. The van der Waals surface area contributed by atoms with Crippen LogP contribution < -0.4 is 15.6 Å². The molecule has 0 saturated carbocycles. The summed E-state index contributed by atoms with van der Waals surface area (Å²) in [7, 11) is 0. The number of pyridine rings is 1. The number of nitrogens with one attached hydrogen (secondary N) is 2. The third-order valence-electron chi connectivity index (χ3n) is 3.12. The molecular weight excluding hydrogens is 306 g/mol. The number of carbonyl (C=O) groups excluding carboxylic acids is 2. The lowest BCUT2D eigenvalue weighted by atomic mass is 10.1. The predicted octanol–water partition coefficient (Wildman–Crippen LogP) is 1.94. The van der Waals surface area contributed by atoms with Crippen molar-refractivity contribution in [2.75, 3.05) is 6.61 Å². The fraction of sp³-hybridized carbons (Fsp3) is 0.167. The van der Waals surface area contributed by atoms with Gasteiger partial charge in [-0.3, -0.25) is 25.4 Å². The first-order valence-corrected chi connectivity index (χ1v) is 7.42. The van der Waals surface area contributed by atoms with Crippen LogP contribution in [-0.4, -0.2) is 23.4 Å². The Bertz CT molecular complexity index is 742. The number of rotatable bonds is 5. The van der Waals surface area contributed by atoms with E-state index in [1.807, 2.05) is 38.1 Å². The van der Waals surface area contributed by atoms with Crippen molar-refractivity contribution < 1.29 is 14.3 Å².